The van der Waals surface area contributed by atoms with Crippen LogP contribution in [0.4, 0.5) is 5.82 Å². The third kappa shape index (κ3) is 2.71. The number of hydrogen-bond acceptors (Lipinski definition) is 5. The summed E-state index contributed by atoms with van der Waals surface area (Å²) in [7, 11) is 0. The summed E-state index contributed by atoms with van der Waals surface area (Å²) in [6.45, 7) is 2.85. The van der Waals surface area contributed by atoms with Crippen molar-refractivity contribution in [2.45, 2.75) is 13.3 Å². The van der Waals surface area contributed by atoms with Crippen molar-refractivity contribution in [2.24, 2.45) is 0 Å². The van der Waals surface area contributed by atoms with Crippen molar-refractivity contribution in [3.63, 3.8) is 0 Å². The Hall–Kier alpha value is -2.01. The molecule has 0 saturated heterocycles. The first-order chi connectivity index (χ1) is 9.33. The molecule has 19 heavy (non-hydrogen) atoms. The van der Waals surface area contributed by atoms with E-state index in [1.807, 2.05) is 31.5 Å². The van der Waals surface area contributed by atoms with Gasteiger partial charge in [-0.25, -0.2) is 9.97 Å². The molecule has 0 fully saturated rings. The lowest BCUT2D eigenvalue weighted by Crippen LogP contribution is -2.06. The van der Waals surface area contributed by atoms with Crippen LogP contribution in [-0.4, -0.2) is 21.5 Å². The van der Waals surface area contributed by atoms with Crippen LogP contribution >= 0.6 is 11.3 Å². The average Bonchev–Trinajstić information content (AvgIpc) is 2.85. The third-order valence-corrected chi connectivity index (χ3v) is 3.89. The van der Waals surface area contributed by atoms with Gasteiger partial charge in [0, 0.05) is 48.0 Å². The number of rotatable bonds is 4. The summed E-state index contributed by atoms with van der Waals surface area (Å²) in [6.07, 6.45) is 6.37. The molecule has 3 aromatic heterocycles. The number of hydrogen-bond donors (Lipinski definition) is 1. The van der Waals surface area contributed by atoms with Crippen molar-refractivity contribution in [1.29, 1.82) is 0 Å². The summed E-state index contributed by atoms with van der Waals surface area (Å²) in [4.78, 5) is 13.0. The Bertz CT molecular complexity index is 687. The van der Waals surface area contributed by atoms with Gasteiger partial charge in [0.15, 0.2) is 0 Å². The lowest BCUT2D eigenvalue weighted by Gasteiger charge is -2.07. The minimum Gasteiger partial charge on any atom is -0.369 e. The minimum absolute atomic E-state index is 0.827. The van der Waals surface area contributed by atoms with Crippen molar-refractivity contribution < 1.29 is 0 Å². The number of aromatic nitrogens is 3. The van der Waals surface area contributed by atoms with Gasteiger partial charge >= 0.3 is 0 Å². The summed E-state index contributed by atoms with van der Waals surface area (Å²) in [5.41, 5.74) is 1.09. The second-order valence-corrected chi connectivity index (χ2v) is 5.26. The van der Waals surface area contributed by atoms with Gasteiger partial charge in [0.1, 0.15) is 5.82 Å². The molecule has 0 aliphatic heterocycles. The molecule has 0 spiro atoms. The maximum Gasteiger partial charge on any atom is 0.135 e. The molecule has 0 amide bonds. The molecule has 0 saturated carbocycles. The van der Waals surface area contributed by atoms with Gasteiger partial charge in [-0.1, -0.05) is 0 Å². The van der Waals surface area contributed by atoms with Crippen LogP contribution in [0.5, 0.6) is 0 Å². The molecule has 0 bridgehead atoms. The Kier molecular flexibility index (Phi) is 3.37. The summed E-state index contributed by atoms with van der Waals surface area (Å²) >= 11 is 1.70. The molecule has 0 atom stereocenters. The number of anilines is 1. The SMILES string of the molecule is Cc1csc(CCNc2nccc3ccncc23)n1. The lowest BCUT2D eigenvalue weighted by atomic mass is 10.2. The number of thiazole rings is 1. The Morgan fingerprint density at radius 2 is 2.16 bits per heavy atom. The zero-order valence-corrected chi connectivity index (χ0v) is 11.4. The van der Waals surface area contributed by atoms with Crippen LogP contribution < -0.4 is 5.32 Å². The van der Waals surface area contributed by atoms with E-state index in [9.17, 15) is 0 Å². The van der Waals surface area contributed by atoms with E-state index in [1.165, 1.54) is 0 Å². The number of nitrogens with one attached hydrogen (secondary N) is 1. The fourth-order valence-electron chi connectivity index (χ4n) is 1.96. The van der Waals surface area contributed by atoms with E-state index < -0.39 is 0 Å². The molecule has 3 aromatic rings. The standard InChI is InChI=1S/C14H14N4S/c1-10-9-19-13(18-10)4-7-17-14-12-8-15-5-2-11(12)3-6-16-14/h2-3,5-6,8-9H,4,7H2,1H3,(H,16,17). The van der Waals surface area contributed by atoms with Crippen LogP contribution in [0.15, 0.2) is 36.1 Å². The van der Waals surface area contributed by atoms with Crippen LogP contribution in [-0.2, 0) is 6.42 Å². The third-order valence-electron chi connectivity index (χ3n) is 2.87. The molecule has 3 rings (SSSR count). The fourth-order valence-corrected chi connectivity index (χ4v) is 2.73. The summed E-state index contributed by atoms with van der Waals surface area (Å²) in [5, 5.41) is 8.80. The van der Waals surface area contributed by atoms with Crippen LogP contribution in [0.2, 0.25) is 0 Å². The van der Waals surface area contributed by atoms with E-state index in [0.29, 0.717) is 0 Å². The second kappa shape index (κ2) is 5.32. The summed E-state index contributed by atoms with van der Waals surface area (Å²) in [6, 6.07) is 3.98. The Balaban J connectivity index is 1.71. The molecular weight excluding hydrogens is 256 g/mol. The molecule has 0 aliphatic rings. The van der Waals surface area contributed by atoms with E-state index in [0.717, 1.165) is 40.3 Å². The first-order valence-electron chi connectivity index (χ1n) is 6.16. The van der Waals surface area contributed by atoms with Crippen molar-refractivity contribution in [3.05, 3.63) is 46.8 Å². The zero-order chi connectivity index (χ0) is 13.1. The molecule has 0 unspecified atom stereocenters. The van der Waals surface area contributed by atoms with Crippen molar-refractivity contribution in [2.75, 3.05) is 11.9 Å². The second-order valence-electron chi connectivity index (χ2n) is 4.32. The molecule has 3 heterocycles. The highest BCUT2D eigenvalue weighted by Crippen LogP contribution is 2.19. The monoisotopic (exact) mass is 270 g/mol. The molecule has 0 aliphatic carbocycles. The van der Waals surface area contributed by atoms with Crippen LogP contribution in [0, 0.1) is 6.92 Å². The summed E-state index contributed by atoms with van der Waals surface area (Å²) in [5.74, 6) is 0.888. The molecule has 4 nitrogen and oxygen atoms in total. The van der Waals surface area contributed by atoms with Crippen molar-refractivity contribution in [1.82, 2.24) is 15.0 Å². The Morgan fingerprint density at radius 3 is 3.00 bits per heavy atom. The van der Waals surface area contributed by atoms with Gasteiger partial charge in [-0.15, -0.1) is 11.3 Å². The Labute approximate surface area is 115 Å². The van der Waals surface area contributed by atoms with Gasteiger partial charge in [-0.2, -0.15) is 0 Å². The maximum atomic E-state index is 4.45. The highest BCUT2D eigenvalue weighted by molar-refractivity contribution is 7.09. The van der Waals surface area contributed by atoms with Gasteiger partial charge in [-0.3, -0.25) is 4.98 Å². The highest BCUT2D eigenvalue weighted by Gasteiger charge is 2.03. The molecule has 0 aromatic carbocycles. The topological polar surface area (TPSA) is 50.7 Å². The van der Waals surface area contributed by atoms with Gasteiger partial charge < -0.3 is 5.32 Å². The van der Waals surface area contributed by atoms with Crippen LogP contribution in [0.3, 0.4) is 0 Å². The first kappa shape index (κ1) is 12.0. The number of pyridine rings is 2. The molecule has 0 radical (unpaired) electrons. The molecule has 5 heteroatoms. The van der Waals surface area contributed by atoms with Crippen LogP contribution in [0.25, 0.3) is 10.8 Å². The average molecular weight is 270 g/mol. The van der Waals surface area contributed by atoms with Gasteiger partial charge in [0.25, 0.3) is 0 Å². The zero-order valence-electron chi connectivity index (χ0n) is 10.6. The number of fused-ring (bicyclic) bond motifs is 1. The molecule has 1 N–H and O–H groups in total. The normalized spacial score (nSPS) is 10.8. The largest absolute Gasteiger partial charge is 0.369 e. The van der Waals surface area contributed by atoms with Crippen molar-refractivity contribution >= 4 is 27.9 Å². The summed E-state index contributed by atoms with van der Waals surface area (Å²) < 4.78 is 0. The molecule has 96 valence electrons. The quantitative estimate of drug-likeness (QED) is 0.791. The van der Waals surface area contributed by atoms with E-state index in [4.69, 9.17) is 0 Å². The first-order valence-corrected chi connectivity index (χ1v) is 7.04. The predicted molar refractivity (Wildman–Crippen MR) is 78.6 cm³/mol. The van der Waals surface area contributed by atoms with Gasteiger partial charge in [-0.05, 0) is 24.4 Å². The van der Waals surface area contributed by atoms with E-state index >= 15 is 0 Å². The van der Waals surface area contributed by atoms with E-state index in [-0.39, 0.29) is 0 Å². The predicted octanol–water partition coefficient (Wildman–Crippen LogP) is 3.05. The van der Waals surface area contributed by atoms with E-state index in [1.54, 1.807) is 17.5 Å². The van der Waals surface area contributed by atoms with Crippen LogP contribution in [0.1, 0.15) is 10.7 Å². The lowest BCUT2D eigenvalue weighted by molar-refractivity contribution is 0.980. The van der Waals surface area contributed by atoms with Crippen molar-refractivity contribution in [3.8, 4) is 0 Å². The number of nitrogens with zero attached hydrogens (tertiary/aromatic N) is 3. The minimum atomic E-state index is 0.827. The maximum absolute atomic E-state index is 4.45. The fraction of sp³-hybridized carbons (Fsp3) is 0.214. The van der Waals surface area contributed by atoms with Gasteiger partial charge in [0.2, 0.25) is 0 Å². The highest BCUT2D eigenvalue weighted by atomic mass is 32.1. The van der Waals surface area contributed by atoms with Gasteiger partial charge in [0.05, 0.1) is 5.01 Å². The smallest absolute Gasteiger partial charge is 0.135 e. The van der Waals surface area contributed by atoms with E-state index in [2.05, 4.69) is 25.6 Å². The Morgan fingerprint density at radius 1 is 1.26 bits per heavy atom. The number of aryl methyl sites for hydroxylation is 1. The molecular formula is C14H14N4S.